The Balaban J connectivity index is 2.14. The van der Waals surface area contributed by atoms with Crippen LogP contribution in [0.5, 0.6) is 11.5 Å². The van der Waals surface area contributed by atoms with Crippen LogP contribution in [0, 0.1) is 5.41 Å². The molecule has 0 radical (unpaired) electrons. The van der Waals surface area contributed by atoms with Crippen molar-refractivity contribution in [1.29, 1.82) is 0 Å². The first-order valence-electron chi connectivity index (χ1n) is 6.94. The molecule has 0 saturated carbocycles. The van der Waals surface area contributed by atoms with E-state index >= 15 is 0 Å². The van der Waals surface area contributed by atoms with E-state index in [0.29, 0.717) is 23.8 Å². The minimum Gasteiger partial charge on any atom is -0.504 e. The second-order valence-electron chi connectivity index (χ2n) is 6.16. The summed E-state index contributed by atoms with van der Waals surface area (Å²) in [6.07, 6.45) is 0. The molecule has 1 aromatic rings. The number of benzene rings is 1. The fourth-order valence-electron chi connectivity index (χ4n) is 1.99. The number of carbonyl (C=O) groups excluding carboxylic acids is 1. The molecule has 0 bridgehead atoms. The zero-order valence-corrected chi connectivity index (χ0v) is 13.7. The molecule has 1 aliphatic heterocycles. The molecule has 1 aliphatic rings. The number of amides is 1. The van der Waals surface area contributed by atoms with Crippen molar-refractivity contribution in [3.63, 3.8) is 0 Å². The van der Waals surface area contributed by atoms with Gasteiger partial charge in [0.05, 0.1) is 18.6 Å². The van der Waals surface area contributed by atoms with Gasteiger partial charge in [-0.3, -0.25) is 9.63 Å². The van der Waals surface area contributed by atoms with Crippen LogP contribution >= 0.6 is 11.6 Å². The molecule has 1 amide bonds. The Hall–Kier alpha value is -1.72. The summed E-state index contributed by atoms with van der Waals surface area (Å²) in [5, 5.41) is 11.7. The third kappa shape index (κ3) is 3.54. The van der Waals surface area contributed by atoms with Gasteiger partial charge in [0.2, 0.25) is 0 Å². The van der Waals surface area contributed by atoms with Crippen molar-refractivity contribution in [1.82, 2.24) is 5.06 Å². The monoisotopic (exact) mass is 325 g/mol. The smallest absolute Gasteiger partial charge is 0.254 e. The quantitative estimate of drug-likeness (QED) is 0.844. The molecular formula is C16H20ClNO4. The highest BCUT2D eigenvalue weighted by atomic mass is 35.5. The van der Waals surface area contributed by atoms with Crippen molar-refractivity contribution in [3.05, 3.63) is 34.9 Å². The zero-order chi connectivity index (χ0) is 16.5. The van der Waals surface area contributed by atoms with Crippen LogP contribution in [-0.4, -0.2) is 29.3 Å². The first kappa shape index (κ1) is 16.6. The summed E-state index contributed by atoms with van der Waals surface area (Å²) in [7, 11) is 0. The molecule has 0 spiro atoms. The van der Waals surface area contributed by atoms with Gasteiger partial charge in [0, 0.05) is 11.1 Å². The molecule has 5 nitrogen and oxygen atoms in total. The Morgan fingerprint density at radius 2 is 2.23 bits per heavy atom. The third-order valence-corrected chi connectivity index (χ3v) is 3.65. The Morgan fingerprint density at radius 3 is 2.77 bits per heavy atom. The largest absolute Gasteiger partial charge is 0.504 e. The van der Waals surface area contributed by atoms with Gasteiger partial charge < -0.3 is 9.84 Å². The number of ether oxygens (including phenoxy) is 1. The van der Waals surface area contributed by atoms with Gasteiger partial charge in [0.15, 0.2) is 11.5 Å². The maximum atomic E-state index is 12.1. The van der Waals surface area contributed by atoms with Crippen LogP contribution in [0.25, 0.3) is 0 Å². The van der Waals surface area contributed by atoms with Gasteiger partial charge in [-0.25, -0.2) is 5.06 Å². The van der Waals surface area contributed by atoms with E-state index in [9.17, 15) is 9.90 Å². The molecule has 2 rings (SSSR count). The normalized spacial score (nSPS) is 16.9. The summed E-state index contributed by atoms with van der Waals surface area (Å²) < 4.78 is 5.41. The fraction of sp³-hybridized carbons (Fsp3) is 0.438. The fourth-order valence-corrected chi connectivity index (χ4v) is 2.21. The number of halogens is 1. The lowest BCUT2D eigenvalue weighted by Crippen LogP contribution is -2.30. The van der Waals surface area contributed by atoms with Gasteiger partial charge in [-0.05, 0) is 38.0 Å². The van der Waals surface area contributed by atoms with E-state index in [1.807, 2.05) is 20.8 Å². The lowest BCUT2D eigenvalue weighted by Gasteiger charge is -2.18. The SMILES string of the molecule is C=C(C)COc1cc(Cl)c(CN2OCC(C)(C)C2=O)cc1O. The molecule has 1 saturated heterocycles. The maximum Gasteiger partial charge on any atom is 0.254 e. The standard InChI is InChI=1S/C16H20ClNO4/c1-10(2)8-21-14-6-12(17)11(5-13(14)19)7-18-15(20)16(3,4)9-22-18/h5-6,19H,1,7-9H2,2-4H3. The Morgan fingerprint density at radius 1 is 1.55 bits per heavy atom. The van der Waals surface area contributed by atoms with Crippen LogP contribution in [0.15, 0.2) is 24.3 Å². The Labute approximate surface area is 135 Å². The molecule has 6 heteroatoms. The first-order valence-corrected chi connectivity index (χ1v) is 7.32. The molecular weight excluding hydrogens is 306 g/mol. The van der Waals surface area contributed by atoms with Crippen LogP contribution in [0.2, 0.25) is 5.02 Å². The average Bonchev–Trinajstić information content (AvgIpc) is 2.68. The van der Waals surface area contributed by atoms with Gasteiger partial charge in [-0.1, -0.05) is 18.2 Å². The summed E-state index contributed by atoms with van der Waals surface area (Å²) >= 11 is 6.21. The average molecular weight is 326 g/mol. The number of hydrogen-bond acceptors (Lipinski definition) is 4. The second kappa shape index (κ2) is 6.18. The summed E-state index contributed by atoms with van der Waals surface area (Å²) in [6.45, 7) is 10.0. The van der Waals surface area contributed by atoms with Crippen molar-refractivity contribution < 1.29 is 19.5 Å². The highest BCUT2D eigenvalue weighted by molar-refractivity contribution is 6.31. The van der Waals surface area contributed by atoms with Crippen molar-refractivity contribution in [2.45, 2.75) is 27.3 Å². The van der Waals surface area contributed by atoms with Crippen LogP contribution in [0.3, 0.4) is 0 Å². The molecule has 120 valence electrons. The van der Waals surface area contributed by atoms with Crippen LogP contribution in [0.4, 0.5) is 0 Å². The maximum absolute atomic E-state index is 12.1. The summed E-state index contributed by atoms with van der Waals surface area (Å²) in [4.78, 5) is 17.5. The van der Waals surface area contributed by atoms with Gasteiger partial charge >= 0.3 is 0 Å². The van der Waals surface area contributed by atoms with E-state index in [-0.39, 0.29) is 24.0 Å². The summed E-state index contributed by atoms with van der Waals surface area (Å²) in [6, 6.07) is 3.01. The summed E-state index contributed by atoms with van der Waals surface area (Å²) in [5.41, 5.74) is 0.879. The molecule has 1 heterocycles. The number of rotatable bonds is 5. The Bertz CT molecular complexity index is 612. The van der Waals surface area contributed by atoms with Gasteiger partial charge in [0.1, 0.15) is 6.61 Å². The molecule has 0 aromatic heterocycles. The molecule has 1 aromatic carbocycles. The number of aromatic hydroxyl groups is 1. The van der Waals surface area contributed by atoms with Gasteiger partial charge in [-0.15, -0.1) is 0 Å². The number of hydrogen-bond donors (Lipinski definition) is 1. The molecule has 1 fully saturated rings. The minimum atomic E-state index is -0.543. The van der Waals surface area contributed by atoms with Crippen LogP contribution in [-0.2, 0) is 16.2 Å². The molecule has 22 heavy (non-hydrogen) atoms. The minimum absolute atomic E-state index is 0.0356. The van der Waals surface area contributed by atoms with E-state index in [0.717, 1.165) is 5.57 Å². The number of phenols is 1. The van der Waals surface area contributed by atoms with Crippen LogP contribution < -0.4 is 4.74 Å². The van der Waals surface area contributed by atoms with Crippen molar-refractivity contribution in [2.24, 2.45) is 5.41 Å². The highest BCUT2D eigenvalue weighted by Crippen LogP contribution is 2.35. The second-order valence-corrected chi connectivity index (χ2v) is 6.56. The molecule has 0 atom stereocenters. The number of hydroxylamine groups is 2. The van der Waals surface area contributed by atoms with Crippen LogP contribution in [0.1, 0.15) is 26.3 Å². The van der Waals surface area contributed by atoms with E-state index in [1.54, 1.807) is 0 Å². The summed E-state index contributed by atoms with van der Waals surface area (Å²) in [5.74, 6) is 0.142. The predicted octanol–water partition coefficient (Wildman–Crippen LogP) is 3.30. The highest BCUT2D eigenvalue weighted by Gasteiger charge is 2.40. The Kier molecular flexibility index (Phi) is 4.68. The predicted molar refractivity (Wildman–Crippen MR) is 83.7 cm³/mol. The van der Waals surface area contributed by atoms with Gasteiger partial charge in [-0.2, -0.15) is 0 Å². The topological polar surface area (TPSA) is 59.0 Å². The molecule has 0 unspecified atom stereocenters. The lowest BCUT2D eigenvalue weighted by molar-refractivity contribution is -0.165. The van der Waals surface area contributed by atoms with Crippen molar-refractivity contribution >= 4 is 17.5 Å². The van der Waals surface area contributed by atoms with E-state index < -0.39 is 5.41 Å². The van der Waals surface area contributed by atoms with E-state index in [4.69, 9.17) is 21.2 Å². The lowest BCUT2D eigenvalue weighted by atomic mass is 9.95. The first-order chi connectivity index (χ1) is 10.2. The molecule has 1 N–H and O–H groups in total. The van der Waals surface area contributed by atoms with E-state index in [1.165, 1.54) is 17.2 Å². The third-order valence-electron chi connectivity index (χ3n) is 3.30. The number of phenolic OH excluding ortho intramolecular Hbond substituents is 1. The molecule has 0 aliphatic carbocycles. The van der Waals surface area contributed by atoms with E-state index in [2.05, 4.69) is 6.58 Å². The number of nitrogens with zero attached hydrogens (tertiary/aromatic N) is 1. The zero-order valence-electron chi connectivity index (χ0n) is 13.0. The van der Waals surface area contributed by atoms with Crippen molar-refractivity contribution in [2.75, 3.05) is 13.2 Å². The van der Waals surface area contributed by atoms with Gasteiger partial charge in [0.25, 0.3) is 5.91 Å². The number of carbonyl (C=O) groups is 1. The van der Waals surface area contributed by atoms with Crippen molar-refractivity contribution in [3.8, 4) is 11.5 Å².